The monoisotopic (exact) mass is 607 g/mol. The molecule has 1 fully saturated rings. The Labute approximate surface area is 274 Å². The van der Waals surface area contributed by atoms with E-state index < -0.39 is 0 Å². The number of allylic oxidation sites excluding steroid dienone is 4. The smallest absolute Gasteiger partial charge is 0.200 e. The molecule has 9 rings (SSSR count). The number of hydrogen-bond donors (Lipinski definition) is 0. The maximum atomic E-state index is 13.6. The minimum atomic E-state index is -0.0200. The lowest BCUT2D eigenvalue weighted by Gasteiger charge is -2.28. The molecule has 3 heteroatoms. The van der Waals surface area contributed by atoms with E-state index >= 15 is 0 Å². The molecular formula is C44H33NO2. The van der Waals surface area contributed by atoms with Crippen LogP contribution in [0, 0.1) is 18.8 Å². The fourth-order valence-electron chi connectivity index (χ4n) is 7.20. The first-order chi connectivity index (χ1) is 23.1. The zero-order valence-electron chi connectivity index (χ0n) is 26.2. The normalized spacial score (nSPS) is 18.1. The average molecular weight is 608 g/mol. The molecule has 2 aliphatic carbocycles. The van der Waals surface area contributed by atoms with Gasteiger partial charge >= 0.3 is 0 Å². The van der Waals surface area contributed by atoms with Crippen LogP contribution in [-0.2, 0) is 4.79 Å². The van der Waals surface area contributed by atoms with Crippen molar-refractivity contribution in [1.29, 1.82) is 0 Å². The van der Waals surface area contributed by atoms with Gasteiger partial charge in [-0.05, 0) is 106 Å². The van der Waals surface area contributed by atoms with Crippen LogP contribution in [0.15, 0.2) is 140 Å². The molecule has 3 nitrogen and oxygen atoms in total. The summed E-state index contributed by atoms with van der Waals surface area (Å²) in [6, 6.07) is 42.6. The summed E-state index contributed by atoms with van der Waals surface area (Å²) < 4.78 is 6.27. The number of carbonyl (C=O) groups is 1. The number of ether oxygens (including phenoxy) is 1. The average Bonchev–Trinajstić information content (AvgIpc) is 3.92. The van der Waals surface area contributed by atoms with E-state index in [-0.39, 0.29) is 12.4 Å². The quantitative estimate of drug-likeness (QED) is 0.195. The molecule has 0 amide bonds. The third-order valence-corrected chi connectivity index (χ3v) is 9.88. The maximum Gasteiger partial charge on any atom is 0.200 e. The molecule has 0 N–H and O–H groups in total. The molecule has 0 aromatic heterocycles. The summed E-state index contributed by atoms with van der Waals surface area (Å²) in [5.74, 6) is 2.05. The first kappa shape index (κ1) is 27.6. The lowest BCUT2D eigenvalue weighted by atomic mass is 9.91. The fourth-order valence-corrected chi connectivity index (χ4v) is 7.20. The number of nitrogens with zero attached hydrogens (tertiary/aromatic N) is 1. The van der Waals surface area contributed by atoms with Gasteiger partial charge in [-0.25, -0.2) is 0 Å². The van der Waals surface area contributed by atoms with Gasteiger partial charge in [0.1, 0.15) is 5.75 Å². The van der Waals surface area contributed by atoms with Crippen LogP contribution < -0.4 is 9.64 Å². The summed E-state index contributed by atoms with van der Waals surface area (Å²) in [4.78, 5) is 15.9. The third-order valence-electron chi connectivity index (χ3n) is 9.88. The van der Waals surface area contributed by atoms with Crippen LogP contribution in [0.2, 0.25) is 0 Å². The number of Topliss-reactive ketones (excluding diaryl/α,β-unsaturated/α-hetero) is 1. The van der Waals surface area contributed by atoms with E-state index in [0.717, 1.165) is 33.6 Å². The lowest BCUT2D eigenvalue weighted by Crippen LogP contribution is -2.13. The molecule has 226 valence electrons. The molecule has 3 aliphatic rings. The standard InChI is InChI=1S/C44H33NO2/c1-28-13-14-34(24-40(28)33-16-15-32-21-36(32)22-33)41-25-35-18-20-38(26-44(35)47-27-43(41)46)45(37-19-17-29-7-2-3-9-31(29)23-37)42-12-6-10-30-8-4-5-11-39(30)42/h2-20,22-26,32,36H,21,27H2,1H3. The highest BCUT2D eigenvalue weighted by atomic mass is 16.5. The summed E-state index contributed by atoms with van der Waals surface area (Å²) in [6.07, 6.45) is 10.2. The molecule has 1 aliphatic heterocycles. The first-order valence-corrected chi connectivity index (χ1v) is 16.4. The van der Waals surface area contributed by atoms with Gasteiger partial charge < -0.3 is 9.64 Å². The summed E-state index contributed by atoms with van der Waals surface area (Å²) in [6.45, 7) is 2.13. The van der Waals surface area contributed by atoms with Gasteiger partial charge in [0.25, 0.3) is 0 Å². The Morgan fingerprint density at radius 3 is 2.40 bits per heavy atom. The summed E-state index contributed by atoms with van der Waals surface area (Å²) in [5, 5.41) is 4.70. The molecule has 6 aromatic rings. The highest BCUT2D eigenvalue weighted by Gasteiger charge is 2.35. The number of fused-ring (bicyclic) bond motifs is 4. The highest BCUT2D eigenvalue weighted by Crippen LogP contribution is 2.47. The van der Waals surface area contributed by atoms with Gasteiger partial charge in [-0.15, -0.1) is 0 Å². The Bertz CT molecular complexity index is 2340. The number of rotatable bonds is 5. The Balaban J connectivity index is 1.15. The minimum absolute atomic E-state index is 0.0118. The number of aryl methyl sites for hydroxylation is 1. The summed E-state index contributed by atoms with van der Waals surface area (Å²) in [7, 11) is 0. The topological polar surface area (TPSA) is 29.5 Å². The number of anilines is 3. The van der Waals surface area contributed by atoms with Crippen LogP contribution >= 0.6 is 0 Å². The zero-order valence-corrected chi connectivity index (χ0v) is 26.2. The fraction of sp³-hybridized carbons (Fsp3) is 0.114. The Kier molecular flexibility index (Phi) is 6.46. The van der Waals surface area contributed by atoms with Gasteiger partial charge in [0.15, 0.2) is 6.61 Å². The molecule has 47 heavy (non-hydrogen) atoms. The van der Waals surface area contributed by atoms with Crippen molar-refractivity contribution in [2.75, 3.05) is 11.5 Å². The second-order valence-corrected chi connectivity index (χ2v) is 12.9. The Morgan fingerprint density at radius 1 is 0.723 bits per heavy atom. The van der Waals surface area contributed by atoms with Crippen molar-refractivity contribution in [3.05, 3.63) is 162 Å². The van der Waals surface area contributed by atoms with Gasteiger partial charge in [-0.1, -0.05) is 97.1 Å². The summed E-state index contributed by atoms with van der Waals surface area (Å²) in [5.41, 5.74) is 9.27. The van der Waals surface area contributed by atoms with E-state index in [9.17, 15) is 4.79 Å². The van der Waals surface area contributed by atoms with E-state index in [2.05, 4.69) is 151 Å². The van der Waals surface area contributed by atoms with Gasteiger partial charge in [0.2, 0.25) is 5.78 Å². The SMILES string of the molecule is Cc1ccc(C2=Cc3ccc(N(c4ccc5ccccc5c4)c4cccc5ccccc45)cc3OCC2=O)cc1C1=CC2CC2C=C1. The van der Waals surface area contributed by atoms with E-state index in [1.54, 1.807) is 0 Å². The predicted molar refractivity (Wildman–Crippen MR) is 194 cm³/mol. The van der Waals surface area contributed by atoms with Gasteiger partial charge in [0.05, 0.1) is 5.69 Å². The van der Waals surface area contributed by atoms with Crippen molar-refractivity contribution in [3.8, 4) is 5.75 Å². The predicted octanol–water partition coefficient (Wildman–Crippen LogP) is 10.9. The van der Waals surface area contributed by atoms with Crippen LogP contribution in [0.1, 0.15) is 28.7 Å². The van der Waals surface area contributed by atoms with Gasteiger partial charge in [-0.3, -0.25) is 4.79 Å². The van der Waals surface area contributed by atoms with Gasteiger partial charge in [0, 0.05) is 34.0 Å². The molecule has 2 atom stereocenters. The minimum Gasteiger partial charge on any atom is -0.485 e. The lowest BCUT2D eigenvalue weighted by molar-refractivity contribution is -0.115. The van der Waals surface area contributed by atoms with Crippen molar-refractivity contribution in [2.45, 2.75) is 13.3 Å². The number of ketones is 1. The first-order valence-electron chi connectivity index (χ1n) is 16.4. The zero-order chi connectivity index (χ0) is 31.5. The molecule has 0 radical (unpaired) electrons. The van der Waals surface area contributed by atoms with Crippen LogP contribution in [0.25, 0.3) is 38.8 Å². The maximum absolute atomic E-state index is 13.6. The van der Waals surface area contributed by atoms with Crippen LogP contribution in [0.5, 0.6) is 5.75 Å². The Hall–Kier alpha value is -5.67. The largest absolute Gasteiger partial charge is 0.485 e. The third kappa shape index (κ3) is 4.96. The molecule has 0 saturated heterocycles. The van der Waals surface area contributed by atoms with Crippen molar-refractivity contribution < 1.29 is 9.53 Å². The molecule has 2 unspecified atom stereocenters. The number of carbonyl (C=O) groups excluding carboxylic acids is 1. The molecule has 0 bridgehead atoms. The van der Waals surface area contributed by atoms with Crippen LogP contribution in [-0.4, -0.2) is 12.4 Å². The molecule has 1 heterocycles. The van der Waals surface area contributed by atoms with Crippen molar-refractivity contribution in [1.82, 2.24) is 0 Å². The molecule has 1 saturated carbocycles. The van der Waals surface area contributed by atoms with Crippen molar-refractivity contribution in [3.63, 3.8) is 0 Å². The molecule has 0 spiro atoms. The van der Waals surface area contributed by atoms with E-state index in [4.69, 9.17) is 4.74 Å². The van der Waals surface area contributed by atoms with Crippen molar-refractivity contribution in [2.24, 2.45) is 11.8 Å². The van der Waals surface area contributed by atoms with E-state index in [1.807, 2.05) is 6.08 Å². The Morgan fingerprint density at radius 2 is 1.51 bits per heavy atom. The van der Waals surface area contributed by atoms with Crippen LogP contribution in [0.4, 0.5) is 17.1 Å². The number of hydrogen-bond acceptors (Lipinski definition) is 3. The number of benzene rings is 6. The van der Waals surface area contributed by atoms with Gasteiger partial charge in [-0.2, -0.15) is 0 Å². The molecule has 6 aromatic carbocycles. The van der Waals surface area contributed by atoms with Crippen LogP contribution in [0.3, 0.4) is 0 Å². The second kappa shape index (κ2) is 11.0. The van der Waals surface area contributed by atoms with E-state index in [1.165, 1.54) is 39.3 Å². The van der Waals surface area contributed by atoms with Crippen molar-refractivity contribution >= 4 is 61.6 Å². The summed E-state index contributed by atoms with van der Waals surface area (Å²) >= 11 is 0. The van der Waals surface area contributed by atoms with E-state index in [0.29, 0.717) is 23.2 Å². The second-order valence-electron chi connectivity index (χ2n) is 12.9. The highest BCUT2D eigenvalue weighted by molar-refractivity contribution is 6.26. The molecular weight excluding hydrogens is 574 g/mol.